The molecule has 9 heteroatoms. The second-order valence-electron chi connectivity index (χ2n) is 6.02. The van der Waals surface area contributed by atoms with Crippen LogP contribution in [0.2, 0.25) is 0 Å². The number of nitrogens with one attached hydrogen (secondary N) is 1. The van der Waals surface area contributed by atoms with Crippen LogP contribution in [0.25, 0.3) is 0 Å². The van der Waals surface area contributed by atoms with Gasteiger partial charge in [0, 0.05) is 18.6 Å². The van der Waals surface area contributed by atoms with E-state index in [0.717, 1.165) is 31.2 Å². The third kappa shape index (κ3) is 5.95. The van der Waals surface area contributed by atoms with Crippen LogP contribution in [0.4, 0.5) is 13.2 Å². The predicted molar refractivity (Wildman–Crippen MR) is 84.1 cm³/mol. The maximum absolute atomic E-state index is 12.2. The lowest BCUT2D eigenvalue weighted by atomic mass is 10.0. The van der Waals surface area contributed by atoms with Crippen LogP contribution in [0.5, 0.6) is 5.75 Å². The Morgan fingerprint density at radius 2 is 1.92 bits per heavy atom. The van der Waals surface area contributed by atoms with Crippen LogP contribution in [-0.4, -0.2) is 45.1 Å². The largest absolute Gasteiger partial charge is 0.573 e. The Morgan fingerprint density at radius 1 is 1.29 bits per heavy atom. The monoisotopic (exact) mass is 366 g/mol. The zero-order chi connectivity index (χ0) is 18.0. The van der Waals surface area contributed by atoms with Gasteiger partial charge in [-0.15, -0.1) is 13.2 Å². The number of sulfonamides is 1. The van der Waals surface area contributed by atoms with Gasteiger partial charge in [0.25, 0.3) is 0 Å². The van der Waals surface area contributed by atoms with Crippen molar-refractivity contribution in [1.82, 2.24) is 9.62 Å². The fraction of sp³-hybridized carbons (Fsp3) is 0.600. The average Bonchev–Trinajstić information content (AvgIpc) is 2.44. The summed E-state index contributed by atoms with van der Waals surface area (Å²) in [7, 11) is -3.26. The van der Waals surface area contributed by atoms with E-state index in [9.17, 15) is 21.6 Å². The minimum atomic E-state index is -4.70. The molecule has 1 aromatic rings. The third-order valence-corrected chi connectivity index (χ3v) is 4.74. The van der Waals surface area contributed by atoms with Crippen molar-refractivity contribution in [2.24, 2.45) is 0 Å². The normalized spacial score (nSPS) is 21.5. The van der Waals surface area contributed by atoms with Crippen LogP contribution in [0.15, 0.2) is 24.3 Å². The molecule has 2 atom stereocenters. The van der Waals surface area contributed by atoms with Crippen molar-refractivity contribution in [1.29, 1.82) is 0 Å². The van der Waals surface area contributed by atoms with E-state index < -0.39 is 16.4 Å². The maximum atomic E-state index is 12.2. The zero-order valence-corrected chi connectivity index (χ0v) is 14.3. The van der Waals surface area contributed by atoms with Crippen LogP contribution >= 0.6 is 0 Å². The van der Waals surface area contributed by atoms with Gasteiger partial charge in [-0.2, -0.15) is 0 Å². The highest BCUT2D eigenvalue weighted by molar-refractivity contribution is 7.88. The van der Waals surface area contributed by atoms with Gasteiger partial charge in [0.15, 0.2) is 0 Å². The number of likely N-dealkylation sites (tertiary alicyclic amines) is 1. The zero-order valence-electron chi connectivity index (χ0n) is 13.5. The topological polar surface area (TPSA) is 58.6 Å². The molecule has 0 radical (unpaired) electrons. The molecule has 5 nitrogen and oxygen atoms in total. The number of rotatable bonds is 5. The third-order valence-electron chi connectivity index (χ3n) is 3.98. The Balaban J connectivity index is 2.01. The lowest BCUT2D eigenvalue weighted by Crippen LogP contribution is -2.47. The van der Waals surface area contributed by atoms with Crippen LogP contribution in [0, 0.1) is 0 Å². The molecule has 0 spiro atoms. The molecular formula is C15H21F3N2O3S. The van der Waals surface area contributed by atoms with Crippen LogP contribution in [0.3, 0.4) is 0 Å². The Morgan fingerprint density at radius 3 is 2.46 bits per heavy atom. The van der Waals surface area contributed by atoms with Crippen LogP contribution in [0.1, 0.15) is 31.4 Å². The summed E-state index contributed by atoms with van der Waals surface area (Å²) in [6.45, 7) is 3.32. The number of nitrogens with zero attached hydrogens (tertiary/aromatic N) is 1. The van der Waals surface area contributed by atoms with Gasteiger partial charge in [0.2, 0.25) is 10.0 Å². The first kappa shape index (κ1) is 19.0. The van der Waals surface area contributed by atoms with E-state index in [0.29, 0.717) is 6.54 Å². The van der Waals surface area contributed by atoms with Gasteiger partial charge in [-0.05, 0) is 44.0 Å². The summed E-state index contributed by atoms with van der Waals surface area (Å²) in [6.07, 6.45) is -1.94. The first-order valence-corrected chi connectivity index (χ1v) is 9.50. The summed E-state index contributed by atoms with van der Waals surface area (Å²) in [4.78, 5) is 2.12. The van der Waals surface area contributed by atoms with Crippen molar-refractivity contribution in [2.75, 3.05) is 19.3 Å². The number of alkyl halides is 3. The van der Waals surface area contributed by atoms with Crippen molar-refractivity contribution in [3.63, 3.8) is 0 Å². The molecule has 1 heterocycles. The Kier molecular flexibility index (Phi) is 5.77. The van der Waals surface area contributed by atoms with E-state index in [1.165, 1.54) is 12.1 Å². The van der Waals surface area contributed by atoms with Gasteiger partial charge >= 0.3 is 6.36 Å². The summed E-state index contributed by atoms with van der Waals surface area (Å²) >= 11 is 0. The molecule has 1 aliphatic rings. The van der Waals surface area contributed by atoms with Crippen LogP contribution < -0.4 is 9.46 Å². The lowest BCUT2D eigenvalue weighted by Gasteiger charge is -2.37. The Hall–Kier alpha value is -1.32. The molecule has 0 aromatic heterocycles. The van der Waals surface area contributed by atoms with Crippen molar-refractivity contribution < 1.29 is 26.3 Å². The number of piperidine rings is 1. The van der Waals surface area contributed by atoms with Gasteiger partial charge < -0.3 is 4.74 Å². The van der Waals surface area contributed by atoms with Gasteiger partial charge in [-0.25, -0.2) is 13.1 Å². The summed E-state index contributed by atoms with van der Waals surface area (Å²) in [5.74, 6) is -0.256. The summed E-state index contributed by atoms with van der Waals surface area (Å²) < 4.78 is 65.8. The molecule has 1 saturated heterocycles. The lowest BCUT2D eigenvalue weighted by molar-refractivity contribution is -0.274. The number of benzene rings is 1. The highest BCUT2D eigenvalue weighted by Gasteiger charge is 2.31. The molecule has 24 heavy (non-hydrogen) atoms. The minimum Gasteiger partial charge on any atom is -0.406 e. The molecule has 0 saturated carbocycles. The number of ether oxygens (including phenoxy) is 1. The molecule has 1 aromatic carbocycles. The fourth-order valence-corrected chi connectivity index (χ4v) is 3.71. The van der Waals surface area contributed by atoms with E-state index in [-0.39, 0.29) is 17.8 Å². The number of hydrogen-bond donors (Lipinski definition) is 1. The van der Waals surface area contributed by atoms with Gasteiger partial charge in [0.1, 0.15) is 5.75 Å². The van der Waals surface area contributed by atoms with Crippen molar-refractivity contribution in [3.8, 4) is 5.75 Å². The van der Waals surface area contributed by atoms with Gasteiger partial charge in [-0.3, -0.25) is 4.90 Å². The number of halogens is 3. The minimum absolute atomic E-state index is 0.0332. The number of hydrogen-bond acceptors (Lipinski definition) is 4. The van der Waals surface area contributed by atoms with E-state index in [4.69, 9.17) is 0 Å². The highest BCUT2D eigenvalue weighted by atomic mass is 32.2. The molecule has 0 unspecified atom stereocenters. The fourth-order valence-electron chi connectivity index (χ4n) is 2.92. The molecule has 2 rings (SSSR count). The quantitative estimate of drug-likeness (QED) is 0.870. The van der Waals surface area contributed by atoms with E-state index >= 15 is 0 Å². The maximum Gasteiger partial charge on any atom is 0.573 e. The highest BCUT2D eigenvalue weighted by Crippen LogP contribution is 2.28. The van der Waals surface area contributed by atoms with Crippen molar-refractivity contribution >= 4 is 10.0 Å². The summed E-state index contributed by atoms with van der Waals surface area (Å²) in [5, 5.41) is 0. The van der Waals surface area contributed by atoms with Crippen LogP contribution in [-0.2, 0) is 10.0 Å². The average molecular weight is 366 g/mol. The first-order chi connectivity index (χ1) is 11.0. The van der Waals surface area contributed by atoms with Gasteiger partial charge in [-0.1, -0.05) is 12.1 Å². The van der Waals surface area contributed by atoms with E-state index in [2.05, 4.69) is 14.4 Å². The molecule has 1 fully saturated rings. The predicted octanol–water partition coefficient (Wildman–Crippen LogP) is 2.66. The molecule has 0 amide bonds. The molecule has 136 valence electrons. The van der Waals surface area contributed by atoms with Crippen molar-refractivity contribution in [2.45, 2.75) is 38.2 Å². The molecule has 1 N–H and O–H groups in total. The smallest absolute Gasteiger partial charge is 0.406 e. The Bertz CT molecular complexity index is 647. The second kappa shape index (κ2) is 7.28. The van der Waals surface area contributed by atoms with Gasteiger partial charge in [0.05, 0.1) is 6.26 Å². The second-order valence-corrected chi connectivity index (χ2v) is 7.80. The first-order valence-electron chi connectivity index (χ1n) is 7.60. The van der Waals surface area contributed by atoms with E-state index in [1.807, 2.05) is 6.92 Å². The molecule has 0 bridgehead atoms. The molecule has 1 aliphatic heterocycles. The molecular weight excluding hydrogens is 345 g/mol. The van der Waals surface area contributed by atoms with E-state index in [1.54, 1.807) is 12.1 Å². The molecule has 0 aliphatic carbocycles. The Labute approximate surface area is 139 Å². The standard InChI is InChI=1S/C15H21F3N2O3S/c1-11(12-5-7-14(8-6-12)23-15(16,17)18)20-9-3-4-13(10-20)19-24(2,21)22/h5-8,11,13,19H,3-4,9-10H2,1-2H3/t11-,13-/m0/s1. The SMILES string of the molecule is C[C@@H](c1ccc(OC(F)(F)F)cc1)N1CCC[C@H](NS(C)(=O)=O)C1. The summed E-state index contributed by atoms with van der Waals surface area (Å²) in [6, 6.07) is 5.59. The van der Waals surface area contributed by atoms with Crippen molar-refractivity contribution in [3.05, 3.63) is 29.8 Å². The summed E-state index contributed by atoms with van der Waals surface area (Å²) in [5.41, 5.74) is 0.851.